The molecule has 1 amide bonds. The number of ether oxygens (including phenoxy) is 4. The van der Waals surface area contributed by atoms with E-state index in [1.165, 1.54) is 33.5 Å². The minimum Gasteiger partial charge on any atom is -0.497 e. The minimum absolute atomic E-state index is 0.00580. The number of rotatable bonds is 7. The first kappa shape index (κ1) is 19.0. The number of halogens is 1. The summed E-state index contributed by atoms with van der Waals surface area (Å²) < 4.78 is 33.5. The van der Waals surface area contributed by atoms with Gasteiger partial charge in [-0.05, 0) is 18.2 Å². The van der Waals surface area contributed by atoms with Crippen LogP contribution in [0.15, 0.2) is 36.4 Å². The first-order valence-electron chi connectivity index (χ1n) is 7.50. The molecule has 0 fully saturated rings. The zero-order chi connectivity index (χ0) is 19.1. The zero-order valence-corrected chi connectivity index (χ0v) is 14.5. The number of carbonyl (C=O) groups excluding carboxylic acids is 2. The van der Waals surface area contributed by atoms with Crippen LogP contribution in [0, 0.1) is 5.82 Å². The highest BCUT2D eigenvalue weighted by Crippen LogP contribution is 2.25. The molecule has 26 heavy (non-hydrogen) atoms. The van der Waals surface area contributed by atoms with Crippen LogP contribution in [0.1, 0.15) is 10.4 Å². The largest absolute Gasteiger partial charge is 0.497 e. The molecule has 138 valence electrons. The standard InChI is InChI=1S/C18H18FNO6/c1-23-13-7-12(8-14(9-13)24-2)20-17(21)10-26-18(22)11-4-5-16(25-3)15(19)6-11/h4-9H,10H2,1-3H3,(H,20,21). The molecule has 2 aromatic rings. The van der Waals surface area contributed by atoms with E-state index >= 15 is 0 Å². The summed E-state index contributed by atoms with van der Waals surface area (Å²) in [7, 11) is 4.28. The molecule has 0 saturated heterocycles. The molecule has 0 unspecified atom stereocenters. The summed E-state index contributed by atoms with van der Waals surface area (Å²) in [5, 5.41) is 2.56. The Labute approximate surface area is 149 Å². The van der Waals surface area contributed by atoms with Crippen LogP contribution < -0.4 is 19.5 Å². The predicted molar refractivity (Wildman–Crippen MR) is 91.4 cm³/mol. The van der Waals surface area contributed by atoms with Crippen LogP contribution in [0.4, 0.5) is 10.1 Å². The Morgan fingerprint density at radius 3 is 2.15 bits per heavy atom. The van der Waals surface area contributed by atoms with Gasteiger partial charge < -0.3 is 24.3 Å². The highest BCUT2D eigenvalue weighted by molar-refractivity contribution is 5.95. The number of nitrogens with one attached hydrogen (secondary N) is 1. The van der Waals surface area contributed by atoms with Crippen LogP contribution in [0.2, 0.25) is 0 Å². The number of anilines is 1. The molecule has 0 radical (unpaired) electrons. The molecule has 7 nitrogen and oxygen atoms in total. The van der Waals surface area contributed by atoms with Crippen molar-refractivity contribution in [2.45, 2.75) is 0 Å². The molecule has 0 aliphatic rings. The number of benzene rings is 2. The van der Waals surface area contributed by atoms with Gasteiger partial charge >= 0.3 is 5.97 Å². The van der Waals surface area contributed by atoms with E-state index in [9.17, 15) is 14.0 Å². The van der Waals surface area contributed by atoms with E-state index in [0.29, 0.717) is 17.2 Å². The topological polar surface area (TPSA) is 83.1 Å². The molecule has 2 aromatic carbocycles. The van der Waals surface area contributed by atoms with E-state index in [0.717, 1.165) is 6.07 Å². The molecular weight excluding hydrogens is 345 g/mol. The molecule has 2 rings (SSSR count). The average molecular weight is 363 g/mol. The van der Waals surface area contributed by atoms with Gasteiger partial charge in [0.25, 0.3) is 5.91 Å². The lowest BCUT2D eigenvalue weighted by atomic mass is 10.2. The second-order valence-electron chi connectivity index (χ2n) is 5.07. The third kappa shape index (κ3) is 4.85. The third-order valence-electron chi connectivity index (χ3n) is 3.36. The number of esters is 1. The van der Waals surface area contributed by atoms with E-state index in [4.69, 9.17) is 18.9 Å². The fraction of sp³-hybridized carbons (Fsp3) is 0.222. The number of hydrogen-bond donors (Lipinski definition) is 1. The monoisotopic (exact) mass is 363 g/mol. The molecule has 0 bridgehead atoms. The molecule has 0 aromatic heterocycles. The van der Waals surface area contributed by atoms with Gasteiger partial charge in [0, 0.05) is 23.9 Å². The first-order chi connectivity index (χ1) is 12.5. The van der Waals surface area contributed by atoms with Crippen molar-refractivity contribution in [2.75, 3.05) is 33.3 Å². The Bertz CT molecular complexity index is 786. The van der Waals surface area contributed by atoms with Crippen molar-refractivity contribution in [3.63, 3.8) is 0 Å². The van der Waals surface area contributed by atoms with Gasteiger partial charge in [0.1, 0.15) is 11.5 Å². The molecule has 8 heteroatoms. The molecule has 0 aliphatic heterocycles. The fourth-order valence-corrected chi connectivity index (χ4v) is 2.08. The summed E-state index contributed by atoms with van der Waals surface area (Å²) in [5.41, 5.74) is 0.386. The summed E-state index contributed by atoms with van der Waals surface area (Å²) >= 11 is 0. The Morgan fingerprint density at radius 2 is 1.62 bits per heavy atom. The van der Waals surface area contributed by atoms with Gasteiger partial charge in [0.2, 0.25) is 0 Å². The number of amides is 1. The quantitative estimate of drug-likeness (QED) is 0.762. The van der Waals surface area contributed by atoms with Crippen LogP contribution in [0.3, 0.4) is 0 Å². The maximum Gasteiger partial charge on any atom is 0.338 e. The lowest BCUT2D eigenvalue weighted by Gasteiger charge is -2.10. The maximum absolute atomic E-state index is 13.6. The molecule has 0 spiro atoms. The van der Waals surface area contributed by atoms with Crippen molar-refractivity contribution in [1.82, 2.24) is 0 Å². The zero-order valence-electron chi connectivity index (χ0n) is 14.5. The number of carbonyl (C=O) groups is 2. The van der Waals surface area contributed by atoms with Crippen LogP contribution >= 0.6 is 0 Å². The van der Waals surface area contributed by atoms with Gasteiger partial charge in [-0.1, -0.05) is 0 Å². The van der Waals surface area contributed by atoms with Crippen molar-refractivity contribution < 1.29 is 32.9 Å². The van der Waals surface area contributed by atoms with Gasteiger partial charge in [-0.15, -0.1) is 0 Å². The SMILES string of the molecule is COc1cc(NC(=O)COC(=O)c2ccc(OC)c(F)c2)cc(OC)c1. The summed E-state index contributed by atoms with van der Waals surface area (Å²) in [5.74, 6) is -1.11. The van der Waals surface area contributed by atoms with Gasteiger partial charge in [-0.25, -0.2) is 9.18 Å². The van der Waals surface area contributed by atoms with Gasteiger partial charge in [-0.3, -0.25) is 4.79 Å². The Kier molecular flexibility index (Phi) is 6.37. The lowest BCUT2D eigenvalue weighted by molar-refractivity contribution is -0.119. The summed E-state index contributed by atoms with van der Waals surface area (Å²) in [6.45, 7) is -0.536. The Hall–Kier alpha value is -3.29. The van der Waals surface area contributed by atoms with Crippen molar-refractivity contribution >= 4 is 17.6 Å². The van der Waals surface area contributed by atoms with Gasteiger partial charge in [0.15, 0.2) is 18.2 Å². The minimum atomic E-state index is -0.829. The van der Waals surface area contributed by atoms with E-state index in [1.807, 2.05) is 0 Å². The van der Waals surface area contributed by atoms with E-state index < -0.39 is 24.3 Å². The average Bonchev–Trinajstić information content (AvgIpc) is 2.65. The van der Waals surface area contributed by atoms with E-state index in [1.54, 1.807) is 18.2 Å². The number of hydrogen-bond acceptors (Lipinski definition) is 6. The molecule has 0 atom stereocenters. The van der Waals surface area contributed by atoms with E-state index in [-0.39, 0.29) is 11.3 Å². The normalized spacial score (nSPS) is 10.0. The summed E-state index contributed by atoms with van der Waals surface area (Å²) in [6.07, 6.45) is 0. The Balaban J connectivity index is 1.96. The van der Waals surface area contributed by atoms with Gasteiger partial charge in [-0.2, -0.15) is 0 Å². The Morgan fingerprint density at radius 1 is 0.962 bits per heavy atom. The van der Waals surface area contributed by atoms with Crippen molar-refractivity contribution in [1.29, 1.82) is 0 Å². The summed E-state index contributed by atoms with van der Waals surface area (Å²) in [6, 6.07) is 8.44. The summed E-state index contributed by atoms with van der Waals surface area (Å²) in [4.78, 5) is 23.9. The van der Waals surface area contributed by atoms with Crippen molar-refractivity contribution in [3.8, 4) is 17.2 Å². The molecule has 1 N–H and O–H groups in total. The molecule has 0 saturated carbocycles. The van der Waals surface area contributed by atoms with Crippen molar-refractivity contribution in [2.24, 2.45) is 0 Å². The predicted octanol–water partition coefficient (Wildman–Crippen LogP) is 2.65. The van der Waals surface area contributed by atoms with Crippen LogP contribution in [0.5, 0.6) is 17.2 Å². The second-order valence-corrected chi connectivity index (χ2v) is 5.07. The maximum atomic E-state index is 13.6. The van der Waals surface area contributed by atoms with Gasteiger partial charge in [0.05, 0.1) is 26.9 Å². The first-order valence-corrected chi connectivity index (χ1v) is 7.50. The smallest absolute Gasteiger partial charge is 0.338 e. The molecular formula is C18H18FNO6. The van der Waals surface area contributed by atoms with Crippen LogP contribution in [0.25, 0.3) is 0 Å². The van der Waals surface area contributed by atoms with Crippen molar-refractivity contribution in [3.05, 3.63) is 47.8 Å². The van der Waals surface area contributed by atoms with Crippen LogP contribution in [-0.4, -0.2) is 39.8 Å². The van der Waals surface area contributed by atoms with Crippen LogP contribution in [-0.2, 0) is 9.53 Å². The molecule has 0 heterocycles. The molecule has 0 aliphatic carbocycles. The fourth-order valence-electron chi connectivity index (χ4n) is 2.08. The second kappa shape index (κ2) is 8.70. The highest BCUT2D eigenvalue weighted by atomic mass is 19.1. The third-order valence-corrected chi connectivity index (χ3v) is 3.36. The number of methoxy groups -OCH3 is 3. The lowest BCUT2D eigenvalue weighted by Crippen LogP contribution is -2.21. The van der Waals surface area contributed by atoms with E-state index in [2.05, 4.69) is 5.32 Å². The highest BCUT2D eigenvalue weighted by Gasteiger charge is 2.14.